The molecule has 0 radical (unpaired) electrons. The molecule has 0 spiro atoms. The molecule has 22 heavy (non-hydrogen) atoms. The Labute approximate surface area is 130 Å². The van der Waals surface area contributed by atoms with Gasteiger partial charge in [-0.05, 0) is 36.8 Å². The number of aromatic nitrogens is 1. The second-order valence-electron chi connectivity index (χ2n) is 5.64. The topological polar surface area (TPSA) is 31.4 Å². The molecule has 3 nitrogen and oxygen atoms in total. The van der Waals surface area contributed by atoms with E-state index in [-0.39, 0.29) is 12.1 Å². The van der Waals surface area contributed by atoms with Crippen LogP contribution in [0.5, 0.6) is 0 Å². The van der Waals surface area contributed by atoms with Crippen LogP contribution in [0.4, 0.5) is 4.39 Å². The lowest BCUT2D eigenvalue weighted by Gasteiger charge is -2.29. The molecular formula is C18H20FNO2. The van der Waals surface area contributed by atoms with Crippen molar-refractivity contribution < 1.29 is 13.9 Å². The van der Waals surface area contributed by atoms with Gasteiger partial charge in [0.05, 0.1) is 18.9 Å². The van der Waals surface area contributed by atoms with Crippen molar-refractivity contribution in [3.8, 4) is 11.3 Å². The Balaban J connectivity index is 1.66. The number of hydrogen-bond donors (Lipinski definition) is 0. The average molecular weight is 301 g/mol. The van der Waals surface area contributed by atoms with Crippen molar-refractivity contribution in [2.75, 3.05) is 13.2 Å². The molecule has 3 rings (SSSR count). The number of hydrogen-bond acceptors (Lipinski definition) is 3. The van der Waals surface area contributed by atoms with Gasteiger partial charge in [-0.15, -0.1) is 0 Å². The second kappa shape index (κ2) is 6.99. The molecule has 0 aliphatic carbocycles. The van der Waals surface area contributed by atoms with Crippen molar-refractivity contribution in [3.63, 3.8) is 0 Å². The Hall–Kier alpha value is -1.78. The highest BCUT2D eigenvalue weighted by atomic mass is 19.1. The zero-order valence-corrected chi connectivity index (χ0v) is 12.7. The van der Waals surface area contributed by atoms with E-state index < -0.39 is 0 Å². The van der Waals surface area contributed by atoms with Gasteiger partial charge in [-0.25, -0.2) is 4.39 Å². The van der Waals surface area contributed by atoms with Gasteiger partial charge in [-0.1, -0.05) is 19.4 Å². The number of ether oxygens (including phenoxy) is 2. The lowest BCUT2D eigenvalue weighted by molar-refractivity contribution is -0.206. The van der Waals surface area contributed by atoms with E-state index in [1.165, 1.54) is 12.1 Å². The molecule has 2 aromatic rings. The van der Waals surface area contributed by atoms with Crippen molar-refractivity contribution in [2.24, 2.45) is 5.92 Å². The monoisotopic (exact) mass is 301 g/mol. The van der Waals surface area contributed by atoms with Crippen molar-refractivity contribution in [1.29, 1.82) is 0 Å². The lowest BCUT2D eigenvalue weighted by Crippen LogP contribution is -2.27. The molecule has 1 aromatic carbocycles. The minimum Gasteiger partial charge on any atom is -0.348 e. The number of benzene rings is 1. The molecule has 0 bridgehead atoms. The van der Waals surface area contributed by atoms with E-state index in [2.05, 4.69) is 11.9 Å². The highest BCUT2D eigenvalue weighted by Gasteiger charge is 2.23. The average Bonchev–Trinajstić information content (AvgIpc) is 2.57. The maximum absolute atomic E-state index is 12.9. The minimum atomic E-state index is -0.331. The fourth-order valence-corrected chi connectivity index (χ4v) is 2.65. The largest absolute Gasteiger partial charge is 0.348 e. The molecule has 1 aliphatic rings. The summed E-state index contributed by atoms with van der Waals surface area (Å²) in [7, 11) is 0. The summed E-state index contributed by atoms with van der Waals surface area (Å²) < 4.78 is 24.5. The van der Waals surface area contributed by atoms with Crippen LogP contribution in [-0.2, 0) is 9.47 Å². The number of pyridine rings is 1. The van der Waals surface area contributed by atoms with E-state index in [9.17, 15) is 4.39 Å². The highest BCUT2D eigenvalue weighted by Crippen LogP contribution is 2.27. The Bertz CT molecular complexity index is 589. The summed E-state index contributed by atoms with van der Waals surface area (Å²) in [4.78, 5) is 4.43. The van der Waals surface area contributed by atoms with E-state index in [1.807, 2.05) is 12.1 Å². The molecular weight excluding hydrogens is 281 g/mol. The molecule has 116 valence electrons. The fraction of sp³-hybridized carbons (Fsp3) is 0.389. The molecule has 0 N–H and O–H groups in total. The first-order valence-electron chi connectivity index (χ1n) is 7.71. The predicted molar refractivity (Wildman–Crippen MR) is 82.7 cm³/mol. The molecule has 0 unspecified atom stereocenters. The Morgan fingerprint density at radius 2 is 1.82 bits per heavy atom. The minimum absolute atomic E-state index is 0.244. The van der Waals surface area contributed by atoms with Crippen LogP contribution in [0.3, 0.4) is 0 Å². The van der Waals surface area contributed by atoms with Gasteiger partial charge in [0.15, 0.2) is 6.29 Å². The lowest BCUT2D eigenvalue weighted by atomic mass is 10.1. The standard InChI is InChI=1S/C18H20FNO2/c1-2-3-13-11-21-18(22-12-13)15-6-9-17(20-10-15)14-4-7-16(19)8-5-14/h4-10,13,18H,2-3,11-12H2,1H3. The molecule has 1 fully saturated rings. The van der Waals surface area contributed by atoms with Gasteiger partial charge in [0.2, 0.25) is 0 Å². The van der Waals surface area contributed by atoms with Crippen LogP contribution in [-0.4, -0.2) is 18.2 Å². The van der Waals surface area contributed by atoms with Crippen molar-refractivity contribution in [2.45, 2.75) is 26.1 Å². The number of rotatable bonds is 4. The fourth-order valence-electron chi connectivity index (χ4n) is 2.65. The summed E-state index contributed by atoms with van der Waals surface area (Å²) in [6.07, 6.45) is 3.72. The summed E-state index contributed by atoms with van der Waals surface area (Å²) in [6, 6.07) is 10.2. The van der Waals surface area contributed by atoms with Crippen LogP contribution in [0.2, 0.25) is 0 Å². The maximum Gasteiger partial charge on any atom is 0.185 e. The summed E-state index contributed by atoms with van der Waals surface area (Å²) >= 11 is 0. The molecule has 2 heterocycles. The van der Waals surface area contributed by atoms with Crippen LogP contribution in [0, 0.1) is 11.7 Å². The third-order valence-corrected chi connectivity index (χ3v) is 3.86. The van der Waals surface area contributed by atoms with E-state index in [0.29, 0.717) is 5.92 Å². The van der Waals surface area contributed by atoms with E-state index in [4.69, 9.17) is 9.47 Å². The van der Waals surface area contributed by atoms with Crippen LogP contribution in [0.25, 0.3) is 11.3 Å². The first-order chi connectivity index (χ1) is 10.8. The molecule has 0 amide bonds. The molecule has 1 aromatic heterocycles. The van der Waals surface area contributed by atoms with Crippen molar-refractivity contribution >= 4 is 0 Å². The summed E-state index contributed by atoms with van der Waals surface area (Å²) in [6.45, 7) is 3.64. The summed E-state index contributed by atoms with van der Waals surface area (Å²) in [5.74, 6) is 0.249. The third-order valence-electron chi connectivity index (χ3n) is 3.86. The SMILES string of the molecule is CCCC1COC(c2ccc(-c3ccc(F)cc3)nc2)OC1. The number of halogens is 1. The Morgan fingerprint density at radius 1 is 1.09 bits per heavy atom. The molecule has 0 saturated carbocycles. The van der Waals surface area contributed by atoms with Gasteiger partial charge in [0.1, 0.15) is 5.82 Å². The number of nitrogens with zero attached hydrogens (tertiary/aromatic N) is 1. The summed E-state index contributed by atoms with van der Waals surface area (Å²) in [5.41, 5.74) is 2.62. The zero-order valence-electron chi connectivity index (χ0n) is 12.7. The van der Waals surface area contributed by atoms with Gasteiger partial charge in [0.25, 0.3) is 0 Å². The third kappa shape index (κ3) is 3.51. The molecule has 1 saturated heterocycles. The van der Waals surface area contributed by atoms with Crippen LogP contribution in [0.1, 0.15) is 31.6 Å². The van der Waals surface area contributed by atoms with Crippen LogP contribution >= 0.6 is 0 Å². The van der Waals surface area contributed by atoms with Gasteiger partial charge < -0.3 is 9.47 Å². The summed E-state index contributed by atoms with van der Waals surface area (Å²) in [5, 5.41) is 0. The van der Waals surface area contributed by atoms with Gasteiger partial charge in [-0.3, -0.25) is 4.98 Å². The van der Waals surface area contributed by atoms with E-state index >= 15 is 0 Å². The quantitative estimate of drug-likeness (QED) is 0.841. The van der Waals surface area contributed by atoms with Gasteiger partial charge in [-0.2, -0.15) is 0 Å². The van der Waals surface area contributed by atoms with Crippen molar-refractivity contribution in [3.05, 3.63) is 54.0 Å². The zero-order chi connectivity index (χ0) is 15.4. The van der Waals surface area contributed by atoms with Crippen LogP contribution in [0.15, 0.2) is 42.6 Å². The van der Waals surface area contributed by atoms with Gasteiger partial charge in [0, 0.05) is 23.2 Å². The first-order valence-corrected chi connectivity index (χ1v) is 7.71. The van der Waals surface area contributed by atoms with Crippen molar-refractivity contribution in [1.82, 2.24) is 4.98 Å². The maximum atomic E-state index is 12.9. The molecule has 4 heteroatoms. The van der Waals surface area contributed by atoms with E-state index in [0.717, 1.165) is 42.9 Å². The normalized spacial score (nSPS) is 21.7. The molecule has 1 aliphatic heterocycles. The first kappa shape index (κ1) is 15.1. The van der Waals surface area contributed by atoms with E-state index in [1.54, 1.807) is 18.3 Å². The Morgan fingerprint density at radius 3 is 2.41 bits per heavy atom. The smallest absolute Gasteiger partial charge is 0.185 e. The Kier molecular flexibility index (Phi) is 4.80. The highest BCUT2D eigenvalue weighted by molar-refractivity contribution is 5.58. The van der Waals surface area contributed by atoms with Gasteiger partial charge >= 0.3 is 0 Å². The van der Waals surface area contributed by atoms with Crippen LogP contribution < -0.4 is 0 Å². The predicted octanol–water partition coefficient (Wildman–Crippen LogP) is 4.35. The second-order valence-corrected chi connectivity index (χ2v) is 5.64. The molecule has 0 atom stereocenters.